The first-order valence-electron chi connectivity index (χ1n) is 4.43. The lowest BCUT2D eigenvalue weighted by Gasteiger charge is -1.88. The topological polar surface area (TPSA) is 67.3 Å². The molecule has 5 nitrogen and oxygen atoms in total. The summed E-state index contributed by atoms with van der Waals surface area (Å²) in [6, 6.07) is 2.01. The molecule has 0 saturated carbocycles. The molecule has 15 heavy (non-hydrogen) atoms. The van der Waals surface area contributed by atoms with Gasteiger partial charge in [0.15, 0.2) is 11.5 Å². The van der Waals surface area contributed by atoms with E-state index in [1.165, 1.54) is 11.5 Å². The van der Waals surface area contributed by atoms with Gasteiger partial charge in [-0.3, -0.25) is 0 Å². The maximum atomic E-state index is 4.33. The molecule has 0 spiro atoms. The molecular formula is C9H7N5S. The lowest BCUT2D eigenvalue weighted by atomic mass is 10.3. The third-order valence-corrected chi connectivity index (χ3v) is 2.58. The number of imidazole rings is 1. The normalized spacial score (nSPS) is 11.0. The molecule has 0 saturated heterocycles. The number of nitrogens with zero attached hydrogens (tertiary/aromatic N) is 4. The number of H-pyrrole nitrogens is 1. The van der Waals surface area contributed by atoms with Gasteiger partial charge >= 0.3 is 0 Å². The Morgan fingerprint density at radius 1 is 1.40 bits per heavy atom. The molecule has 0 unspecified atom stereocenters. The van der Waals surface area contributed by atoms with E-state index in [1.54, 1.807) is 6.20 Å². The number of aromatic nitrogens is 5. The summed E-state index contributed by atoms with van der Waals surface area (Å²) in [5, 5.41) is 5.80. The zero-order valence-corrected chi connectivity index (χ0v) is 8.75. The molecule has 0 aliphatic rings. The van der Waals surface area contributed by atoms with Gasteiger partial charge in [-0.05, 0) is 30.1 Å². The van der Waals surface area contributed by atoms with Gasteiger partial charge in [-0.2, -0.15) is 0 Å². The number of fused-ring (bicyclic) bond motifs is 1. The second-order valence-corrected chi connectivity index (χ2v) is 3.87. The van der Waals surface area contributed by atoms with E-state index < -0.39 is 0 Å². The summed E-state index contributed by atoms with van der Waals surface area (Å²) in [6.07, 6.45) is 1.80. The van der Waals surface area contributed by atoms with Crippen LogP contribution >= 0.6 is 11.5 Å². The van der Waals surface area contributed by atoms with Gasteiger partial charge in [0.05, 0.1) is 5.52 Å². The molecular weight excluding hydrogens is 210 g/mol. The number of rotatable bonds is 1. The Morgan fingerprint density at radius 3 is 3.13 bits per heavy atom. The van der Waals surface area contributed by atoms with E-state index in [4.69, 9.17) is 0 Å². The largest absolute Gasteiger partial charge is 0.335 e. The Kier molecular flexibility index (Phi) is 1.75. The summed E-state index contributed by atoms with van der Waals surface area (Å²) in [5.41, 5.74) is 3.51. The van der Waals surface area contributed by atoms with Crippen molar-refractivity contribution in [1.29, 1.82) is 0 Å². The summed E-state index contributed by atoms with van der Waals surface area (Å²) in [4.78, 5) is 11.7. The SMILES string of the molecule is Cc1cnc2nc(-c3csnn3)[nH]c2c1. The fourth-order valence-corrected chi connectivity index (χ4v) is 1.83. The van der Waals surface area contributed by atoms with Crippen LogP contribution < -0.4 is 0 Å². The quantitative estimate of drug-likeness (QED) is 0.674. The molecule has 74 valence electrons. The van der Waals surface area contributed by atoms with Crippen LogP contribution in [0.2, 0.25) is 0 Å². The molecule has 3 aromatic heterocycles. The van der Waals surface area contributed by atoms with Crippen LogP contribution in [0, 0.1) is 6.92 Å². The molecule has 0 radical (unpaired) electrons. The minimum Gasteiger partial charge on any atom is -0.335 e. The summed E-state index contributed by atoms with van der Waals surface area (Å²) in [7, 11) is 0. The molecule has 3 aromatic rings. The van der Waals surface area contributed by atoms with Gasteiger partial charge in [0.2, 0.25) is 0 Å². The molecule has 0 bridgehead atoms. The van der Waals surface area contributed by atoms with Crippen molar-refractivity contribution in [3.8, 4) is 11.5 Å². The number of nitrogens with one attached hydrogen (secondary N) is 1. The van der Waals surface area contributed by atoms with Gasteiger partial charge in [0.1, 0.15) is 5.69 Å². The van der Waals surface area contributed by atoms with Crippen LogP contribution in [0.5, 0.6) is 0 Å². The van der Waals surface area contributed by atoms with Crippen molar-refractivity contribution >= 4 is 22.7 Å². The van der Waals surface area contributed by atoms with Gasteiger partial charge in [-0.15, -0.1) is 5.10 Å². The maximum Gasteiger partial charge on any atom is 0.178 e. The first-order valence-corrected chi connectivity index (χ1v) is 5.26. The van der Waals surface area contributed by atoms with Crippen LogP contribution in [0.3, 0.4) is 0 Å². The van der Waals surface area contributed by atoms with Crippen LogP contribution in [0.15, 0.2) is 17.6 Å². The maximum absolute atomic E-state index is 4.33. The van der Waals surface area contributed by atoms with Crippen molar-refractivity contribution < 1.29 is 0 Å². The molecule has 6 heteroatoms. The van der Waals surface area contributed by atoms with E-state index in [1.807, 2.05) is 18.4 Å². The minimum absolute atomic E-state index is 0.712. The summed E-state index contributed by atoms with van der Waals surface area (Å²) in [5.74, 6) is 0.719. The first-order chi connectivity index (χ1) is 7.33. The molecule has 1 N–H and O–H groups in total. The van der Waals surface area contributed by atoms with Crippen LogP contribution in [0.25, 0.3) is 22.7 Å². The van der Waals surface area contributed by atoms with Gasteiger partial charge < -0.3 is 4.98 Å². The van der Waals surface area contributed by atoms with Gasteiger partial charge in [0, 0.05) is 11.6 Å². The van der Waals surface area contributed by atoms with Crippen molar-refractivity contribution in [3.63, 3.8) is 0 Å². The highest BCUT2D eigenvalue weighted by molar-refractivity contribution is 7.03. The Bertz CT molecular complexity index is 598. The zero-order valence-electron chi connectivity index (χ0n) is 7.93. The number of hydrogen-bond donors (Lipinski definition) is 1. The van der Waals surface area contributed by atoms with Crippen LogP contribution in [0.4, 0.5) is 0 Å². The highest BCUT2D eigenvalue weighted by Crippen LogP contribution is 2.18. The van der Waals surface area contributed by atoms with Gasteiger partial charge in [-0.1, -0.05) is 4.49 Å². The molecule has 0 aliphatic carbocycles. The summed E-state index contributed by atoms with van der Waals surface area (Å²) in [6.45, 7) is 2.00. The molecule has 0 atom stereocenters. The van der Waals surface area contributed by atoms with Crippen LogP contribution in [-0.2, 0) is 0 Å². The smallest absolute Gasteiger partial charge is 0.178 e. The predicted octanol–water partition coefficient (Wildman–Crippen LogP) is 1.78. The van der Waals surface area contributed by atoms with Crippen molar-refractivity contribution in [2.45, 2.75) is 6.92 Å². The number of aryl methyl sites for hydroxylation is 1. The van der Waals surface area contributed by atoms with E-state index in [9.17, 15) is 0 Å². The summed E-state index contributed by atoms with van der Waals surface area (Å²) >= 11 is 1.31. The van der Waals surface area contributed by atoms with E-state index in [0.29, 0.717) is 5.65 Å². The Labute approximate surface area is 89.4 Å². The fraction of sp³-hybridized carbons (Fsp3) is 0.111. The molecule has 0 aliphatic heterocycles. The molecule has 3 heterocycles. The predicted molar refractivity (Wildman–Crippen MR) is 57.5 cm³/mol. The average Bonchev–Trinajstić information content (AvgIpc) is 2.84. The number of hydrogen-bond acceptors (Lipinski definition) is 5. The second kappa shape index (κ2) is 3.09. The standard InChI is InChI=1S/C9H7N5S/c1-5-2-6-8(10-3-5)12-9(11-6)7-4-15-14-13-7/h2-4H,1H3,(H,10,11,12). The Hall–Kier alpha value is -1.82. The van der Waals surface area contributed by atoms with Gasteiger partial charge in [-0.25, -0.2) is 9.97 Å². The van der Waals surface area contributed by atoms with E-state index in [-0.39, 0.29) is 0 Å². The average molecular weight is 217 g/mol. The molecule has 0 amide bonds. The minimum atomic E-state index is 0.712. The monoisotopic (exact) mass is 217 g/mol. The lowest BCUT2D eigenvalue weighted by Crippen LogP contribution is -1.79. The molecule has 3 rings (SSSR count). The molecule has 0 fully saturated rings. The van der Waals surface area contributed by atoms with E-state index in [0.717, 1.165) is 22.6 Å². The van der Waals surface area contributed by atoms with Crippen LogP contribution in [-0.4, -0.2) is 24.5 Å². The van der Waals surface area contributed by atoms with Gasteiger partial charge in [0.25, 0.3) is 0 Å². The van der Waals surface area contributed by atoms with E-state index in [2.05, 4.69) is 24.5 Å². The molecule has 0 aromatic carbocycles. The first kappa shape index (κ1) is 8.49. The highest BCUT2D eigenvalue weighted by atomic mass is 32.1. The Balaban J connectivity index is 2.22. The second-order valence-electron chi connectivity index (χ2n) is 3.26. The lowest BCUT2D eigenvalue weighted by molar-refractivity contribution is 1.13. The third kappa shape index (κ3) is 1.39. The third-order valence-electron chi connectivity index (χ3n) is 2.08. The number of pyridine rings is 1. The zero-order chi connectivity index (χ0) is 10.3. The highest BCUT2D eigenvalue weighted by Gasteiger charge is 2.07. The summed E-state index contributed by atoms with van der Waals surface area (Å²) < 4.78 is 3.80. The number of aromatic amines is 1. The van der Waals surface area contributed by atoms with Crippen molar-refractivity contribution in [2.75, 3.05) is 0 Å². The van der Waals surface area contributed by atoms with Crippen molar-refractivity contribution in [2.24, 2.45) is 0 Å². The Morgan fingerprint density at radius 2 is 2.33 bits per heavy atom. The van der Waals surface area contributed by atoms with Crippen LogP contribution in [0.1, 0.15) is 5.56 Å². The fourth-order valence-electron chi connectivity index (χ4n) is 1.39. The van der Waals surface area contributed by atoms with Crippen molar-refractivity contribution in [1.82, 2.24) is 24.5 Å². The van der Waals surface area contributed by atoms with E-state index >= 15 is 0 Å². The van der Waals surface area contributed by atoms with Crippen molar-refractivity contribution in [3.05, 3.63) is 23.2 Å².